The summed E-state index contributed by atoms with van der Waals surface area (Å²) in [7, 11) is -4.06. The second kappa shape index (κ2) is 9.38. The van der Waals surface area contributed by atoms with E-state index in [1.54, 1.807) is 49.4 Å². The smallest absolute Gasteiger partial charge is 0.242 e. The molecule has 5 nitrogen and oxygen atoms in total. The predicted octanol–water partition coefficient (Wildman–Crippen LogP) is 4.32. The van der Waals surface area contributed by atoms with Gasteiger partial charge in [-0.25, -0.2) is 12.8 Å². The van der Waals surface area contributed by atoms with E-state index in [4.69, 9.17) is 11.6 Å². The van der Waals surface area contributed by atoms with Crippen molar-refractivity contribution in [2.45, 2.75) is 24.3 Å². The fraction of sp³-hybridized carbons (Fsp3) is 0.136. The first-order chi connectivity index (χ1) is 14.3. The van der Waals surface area contributed by atoms with Crippen molar-refractivity contribution in [3.8, 4) is 0 Å². The average Bonchev–Trinajstić information content (AvgIpc) is 2.72. The van der Waals surface area contributed by atoms with E-state index < -0.39 is 27.8 Å². The number of carbonyl (C=O) groups excluding carboxylic acids is 1. The standard InChI is InChI=1S/C22H20ClFN2O3S/c1-15-19(23)8-5-9-20(15)25-22(27)21(14-16-6-3-2-4-7-16)26-30(28,29)18-12-10-17(24)11-13-18/h2-13,21,26H,14H2,1H3,(H,25,27). The van der Waals surface area contributed by atoms with Crippen LogP contribution in [0.3, 0.4) is 0 Å². The van der Waals surface area contributed by atoms with Crippen LogP contribution >= 0.6 is 11.6 Å². The third-order valence-corrected chi connectivity index (χ3v) is 6.44. The number of carbonyl (C=O) groups is 1. The lowest BCUT2D eigenvalue weighted by Crippen LogP contribution is -2.45. The number of benzene rings is 3. The maximum Gasteiger partial charge on any atom is 0.242 e. The molecule has 0 aliphatic heterocycles. The first kappa shape index (κ1) is 22.0. The van der Waals surface area contributed by atoms with Crippen molar-refractivity contribution in [2.75, 3.05) is 5.32 Å². The zero-order valence-electron chi connectivity index (χ0n) is 16.1. The van der Waals surface area contributed by atoms with Crippen LogP contribution in [0.4, 0.5) is 10.1 Å². The zero-order valence-corrected chi connectivity index (χ0v) is 17.7. The molecule has 30 heavy (non-hydrogen) atoms. The van der Waals surface area contributed by atoms with Crippen molar-refractivity contribution in [2.24, 2.45) is 0 Å². The van der Waals surface area contributed by atoms with Crippen molar-refractivity contribution >= 4 is 33.2 Å². The fourth-order valence-electron chi connectivity index (χ4n) is 2.87. The van der Waals surface area contributed by atoms with Gasteiger partial charge in [0.15, 0.2) is 0 Å². The Labute approximate surface area is 179 Å². The lowest BCUT2D eigenvalue weighted by atomic mass is 10.1. The van der Waals surface area contributed by atoms with E-state index in [9.17, 15) is 17.6 Å². The SMILES string of the molecule is Cc1c(Cl)cccc1NC(=O)C(Cc1ccccc1)NS(=O)(=O)c1ccc(F)cc1. The molecule has 3 rings (SSSR count). The molecule has 0 aliphatic rings. The van der Waals surface area contributed by atoms with Crippen LogP contribution in [-0.2, 0) is 21.2 Å². The van der Waals surface area contributed by atoms with Crippen LogP contribution in [0.15, 0.2) is 77.7 Å². The number of nitrogens with one attached hydrogen (secondary N) is 2. The zero-order chi connectivity index (χ0) is 21.7. The van der Waals surface area contributed by atoms with E-state index >= 15 is 0 Å². The Morgan fingerprint density at radius 2 is 1.67 bits per heavy atom. The molecule has 0 saturated carbocycles. The quantitative estimate of drug-likeness (QED) is 0.567. The summed E-state index contributed by atoms with van der Waals surface area (Å²) in [5.41, 5.74) is 1.95. The second-order valence-corrected chi connectivity index (χ2v) is 8.84. The summed E-state index contributed by atoms with van der Waals surface area (Å²) in [6.45, 7) is 1.76. The van der Waals surface area contributed by atoms with Gasteiger partial charge in [-0.1, -0.05) is 48.0 Å². The Kier molecular flexibility index (Phi) is 6.87. The first-order valence-electron chi connectivity index (χ1n) is 9.14. The molecule has 0 fully saturated rings. The summed E-state index contributed by atoms with van der Waals surface area (Å²) in [6, 6.07) is 17.4. The molecule has 8 heteroatoms. The normalized spacial score (nSPS) is 12.4. The molecule has 0 saturated heterocycles. The van der Waals surface area contributed by atoms with Gasteiger partial charge in [0.2, 0.25) is 15.9 Å². The van der Waals surface area contributed by atoms with Gasteiger partial charge in [-0.3, -0.25) is 4.79 Å². The Morgan fingerprint density at radius 3 is 2.33 bits per heavy atom. The van der Waals surface area contributed by atoms with E-state index in [-0.39, 0.29) is 11.3 Å². The highest BCUT2D eigenvalue weighted by atomic mass is 35.5. The topological polar surface area (TPSA) is 75.3 Å². The number of halogens is 2. The molecule has 2 N–H and O–H groups in total. The maximum absolute atomic E-state index is 13.2. The van der Waals surface area contributed by atoms with E-state index in [1.165, 1.54) is 0 Å². The highest BCUT2D eigenvalue weighted by Gasteiger charge is 2.26. The third-order valence-electron chi connectivity index (χ3n) is 4.55. The van der Waals surface area contributed by atoms with Gasteiger partial charge in [-0.05, 0) is 60.9 Å². The molecular weight excluding hydrogens is 427 g/mol. The van der Waals surface area contributed by atoms with Crippen molar-refractivity contribution in [1.82, 2.24) is 4.72 Å². The van der Waals surface area contributed by atoms with Crippen LogP contribution in [-0.4, -0.2) is 20.4 Å². The van der Waals surface area contributed by atoms with Crippen LogP contribution in [0.2, 0.25) is 5.02 Å². The minimum atomic E-state index is -4.06. The van der Waals surface area contributed by atoms with Gasteiger partial charge in [0, 0.05) is 10.7 Å². The minimum absolute atomic E-state index is 0.131. The van der Waals surface area contributed by atoms with E-state index in [2.05, 4.69) is 10.0 Å². The van der Waals surface area contributed by atoms with Gasteiger partial charge >= 0.3 is 0 Å². The van der Waals surface area contributed by atoms with E-state index in [0.29, 0.717) is 16.3 Å². The number of hydrogen-bond donors (Lipinski definition) is 2. The number of anilines is 1. The highest BCUT2D eigenvalue weighted by molar-refractivity contribution is 7.89. The summed E-state index contributed by atoms with van der Waals surface area (Å²) in [5, 5.41) is 3.23. The van der Waals surface area contributed by atoms with Crippen molar-refractivity contribution in [3.05, 3.63) is 94.8 Å². The largest absolute Gasteiger partial charge is 0.324 e. The summed E-state index contributed by atoms with van der Waals surface area (Å²) < 4.78 is 41.2. The Bertz CT molecular complexity index is 1140. The fourth-order valence-corrected chi connectivity index (χ4v) is 4.24. The number of amides is 1. The Morgan fingerprint density at radius 1 is 1.00 bits per heavy atom. The third kappa shape index (κ3) is 5.44. The molecule has 0 heterocycles. The minimum Gasteiger partial charge on any atom is -0.324 e. The molecule has 3 aromatic rings. The van der Waals surface area contributed by atoms with Crippen LogP contribution in [0, 0.1) is 12.7 Å². The number of sulfonamides is 1. The molecule has 1 unspecified atom stereocenters. The highest BCUT2D eigenvalue weighted by Crippen LogP contribution is 2.23. The van der Waals surface area contributed by atoms with Gasteiger partial charge in [0.25, 0.3) is 0 Å². The molecule has 1 atom stereocenters. The summed E-state index contributed by atoms with van der Waals surface area (Å²) in [6.07, 6.45) is 0.132. The average molecular weight is 447 g/mol. The Hall–Kier alpha value is -2.74. The van der Waals surface area contributed by atoms with Crippen LogP contribution < -0.4 is 10.0 Å². The molecule has 0 radical (unpaired) electrons. The second-order valence-electron chi connectivity index (χ2n) is 6.72. The van der Waals surface area contributed by atoms with Gasteiger partial charge in [0.1, 0.15) is 11.9 Å². The molecule has 3 aromatic carbocycles. The summed E-state index contributed by atoms with van der Waals surface area (Å²) >= 11 is 6.11. The summed E-state index contributed by atoms with van der Waals surface area (Å²) in [4.78, 5) is 12.9. The molecule has 0 aliphatic carbocycles. The van der Waals surface area contributed by atoms with Crippen molar-refractivity contribution < 1.29 is 17.6 Å². The molecule has 0 bridgehead atoms. The molecule has 0 aromatic heterocycles. The lowest BCUT2D eigenvalue weighted by molar-refractivity contribution is -0.117. The molecule has 0 spiro atoms. The van der Waals surface area contributed by atoms with Crippen molar-refractivity contribution in [1.29, 1.82) is 0 Å². The van der Waals surface area contributed by atoms with E-state index in [0.717, 1.165) is 29.8 Å². The Balaban J connectivity index is 1.88. The van der Waals surface area contributed by atoms with Crippen LogP contribution in [0.5, 0.6) is 0 Å². The molecule has 1 amide bonds. The van der Waals surface area contributed by atoms with E-state index in [1.807, 2.05) is 6.07 Å². The van der Waals surface area contributed by atoms with Gasteiger partial charge in [0.05, 0.1) is 4.90 Å². The first-order valence-corrected chi connectivity index (χ1v) is 11.0. The van der Waals surface area contributed by atoms with Gasteiger partial charge < -0.3 is 5.32 Å². The molecular formula is C22H20ClFN2O3S. The maximum atomic E-state index is 13.2. The van der Waals surface area contributed by atoms with Gasteiger partial charge in [-0.2, -0.15) is 4.72 Å². The van der Waals surface area contributed by atoms with Crippen LogP contribution in [0.1, 0.15) is 11.1 Å². The molecule has 156 valence electrons. The predicted molar refractivity (Wildman–Crippen MR) is 115 cm³/mol. The van der Waals surface area contributed by atoms with Crippen molar-refractivity contribution in [3.63, 3.8) is 0 Å². The number of rotatable bonds is 7. The monoisotopic (exact) mass is 446 g/mol. The summed E-state index contributed by atoms with van der Waals surface area (Å²) in [5.74, 6) is -1.08. The van der Waals surface area contributed by atoms with Gasteiger partial charge in [-0.15, -0.1) is 0 Å². The number of hydrogen-bond acceptors (Lipinski definition) is 3. The van der Waals surface area contributed by atoms with Crippen LogP contribution in [0.25, 0.3) is 0 Å². The lowest BCUT2D eigenvalue weighted by Gasteiger charge is -2.20.